The van der Waals surface area contributed by atoms with E-state index in [0.717, 1.165) is 18.4 Å². The van der Waals surface area contributed by atoms with Gasteiger partial charge in [0.2, 0.25) is 10.0 Å². The van der Waals surface area contributed by atoms with Crippen LogP contribution in [-0.2, 0) is 10.0 Å². The molecule has 0 amide bonds. The van der Waals surface area contributed by atoms with Gasteiger partial charge in [-0.2, -0.15) is 4.31 Å². The second-order valence-corrected chi connectivity index (χ2v) is 9.65. The Hall–Kier alpha value is -0.870. The van der Waals surface area contributed by atoms with E-state index in [-0.39, 0.29) is 5.41 Å². The summed E-state index contributed by atoms with van der Waals surface area (Å²) in [6.45, 7) is 12.4. The van der Waals surface area contributed by atoms with Gasteiger partial charge in [-0.15, -0.1) is 0 Å². The lowest BCUT2D eigenvalue weighted by atomic mass is 9.71. The lowest BCUT2D eigenvalue weighted by molar-refractivity contribution is 0.126. The van der Waals surface area contributed by atoms with Crippen molar-refractivity contribution < 1.29 is 8.42 Å². The summed E-state index contributed by atoms with van der Waals surface area (Å²) in [6, 6.07) is 7.16. The number of hydrogen-bond donors (Lipinski definition) is 0. The Bertz CT molecular complexity index is 591. The summed E-state index contributed by atoms with van der Waals surface area (Å²) in [5, 5.41) is 0. The van der Waals surface area contributed by atoms with E-state index in [0.29, 0.717) is 29.8 Å². The quantitative estimate of drug-likeness (QED) is 0.840. The van der Waals surface area contributed by atoms with Crippen LogP contribution in [-0.4, -0.2) is 25.8 Å². The van der Waals surface area contributed by atoms with Gasteiger partial charge < -0.3 is 0 Å². The van der Waals surface area contributed by atoms with Gasteiger partial charge in [-0.3, -0.25) is 0 Å². The van der Waals surface area contributed by atoms with Gasteiger partial charge in [0, 0.05) is 13.1 Å². The molecule has 0 aromatic heterocycles. The number of nitrogens with zero attached hydrogens (tertiary/aromatic N) is 1. The van der Waals surface area contributed by atoms with Crippen molar-refractivity contribution in [2.24, 2.45) is 17.3 Å². The maximum atomic E-state index is 12.7. The molecule has 1 unspecified atom stereocenters. The molecule has 1 fully saturated rings. The Morgan fingerprint density at radius 3 is 2.05 bits per heavy atom. The van der Waals surface area contributed by atoms with Crippen LogP contribution in [0.2, 0.25) is 0 Å². The normalized spacial score (nSPS) is 20.0. The second kappa shape index (κ2) is 6.32. The van der Waals surface area contributed by atoms with E-state index in [4.69, 9.17) is 0 Å². The molecule has 124 valence electrons. The van der Waals surface area contributed by atoms with Crippen molar-refractivity contribution in [3.05, 3.63) is 29.8 Å². The molecule has 0 radical (unpaired) electrons. The molecule has 1 saturated heterocycles. The molecule has 2 rings (SSSR count). The average molecular weight is 324 g/mol. The minimum absolute atomic E-state index is 0.280. The number of piperidine rings is 1. The van der Waals surface area contributed by atoms with Crippen LogP contribution in [0.3, 0.4) is 0 Å². The van der Waals surface area contributed by atoms with Crippen LogP contribution < -0.4 is 0 Å². The summed E-state index contributed by atoms with van der Waals surface area (Å²) in [6.07, 6.45) is 1.92. The smallest absolute Gasteiger partial charge is 0.207 e. The predicted molar refractivity (Wildman–Crippen MR) is 91.3 cm³/mol. The molecule has 22 heavy (non-hydrogen) atoms. The molecule has 0 aliphatic carbocycles. The van der Waals surface area contributed by atoms with Crippen molar-refractivity contribution in [1.29, 1.82) is 0 Å². The zero-order valence-corrected chi connectivity index (χ0v) is 15.3. The largest absolute Gasteiger partial charge is 0.243 e. The lowest BCUT2D eigenvalue weighted by Crippen LogP contribution is -2.41. The molecule has 4 heteroatoms. The molecule has 1 heterocycles. The van der Waals surface area contributed by atoms with Crippen molar-refractivity contribution >= 4 is 10.0 Å². The highest BCUT2D eigenvalue weighted by Crippen LogP contribution is 2.37. The highest BCUT2D eigenvalue weighted by Gasteiger charge is 2.34. The zero-order chi connectivity index (χ0) is 16.5. The lowest BCUT2D eigenvalue weighted by Gasteiger charge is -2.39. The molecule has 1 aliphatic rings. The summed E-state index contributed by atoms with van der Waals surface area (Å²) < 4.78 is 27.1. The van der Waals surface area contributed by atoms with Crippen molar-refractivity contribution in [3.63, 3.8) is 0 Å². The van der Waals surface area contributed by atoms with Gasteiger partial charge in [-0.1, -0.05) is 45.4 Å². The van der Waals surface area contributed by atoms with Gasteiger partial charge in [-0.25, -0.2) is 8.42 Å². The van der Waals surface area contributed by atoms with E-state index in [1.807, 2.05) is 19.1 Å². The molecule has 1 aromatic rings. The first-order valence-electron chi connectivity index (χ1n) is 8.19. The molecule has 0 saturated carbocycles. The third kappa shape index (κ3) is 3.72. The summed E-state index contributed by atoms with van der Waals surface area (Å²) in [5.41, 5.74) is 1.36. The van der Waals surface area contributed by atoms with Crippen LogP contribution in [0, 0.1) is 24.2 Å². The van der Waals surface area contributed by atoms with Crippen molar-refractivity contribution in [2.45, 2.75) is 52.4 Å². The first-order chi connectivity index (χ1) is 10.1. The zero-order valence-electron chi connectivity index (χ0n) is 14.5. The first kappa shape index (κ1) is 17.5. The summed E-state index contributed by atoms with van der Waals surface area (Å²) in [7, 11) is -3.33. The SMILES string of the molecule is Cc1ccc(S(=O)(=O)N2CCC(C(C)C(C)(C)C)CC2)cc1. The number of benzene rings is 1. The minimum atomic E-state index is -3.33. The molecule has 3 nitrogen and oxygen atoms in total. The van der Waals surface area contributed by atoms with E-state index in [2.05, 4.69) is 27.7 Å². The van der Waals surface area contributed by atoms with Gasteiger partial charge in [-0.05, 0) is 49.1 Å². The Morgan fingerprint density at radius 2 is 1.59 bits per heavy atom. The molecule has 0 bridgehead atoms. The van der Waals surface area contributed by atoms with Crippen molar-refractivity contribution in [3.8, 4) is 0 Å². The molecular weight excluding hydrogens is 294 g/mol. The number of rotatable bonds is 3. The van der Waals surface area contributed by atoms with Crippen LogP contribution >= 0.6 is 0 Å². The van der Waals surface area contributed by atoms with Crippen LogP contribution in [0.1, 0.15) is 46.1 Å². The van der Waals surface area contributed by atoms with Crippen LogP contribution in [0.15, 0.2) is 29.2 Å². The maximum Gasteiger partial charge on any atom is 0.243 e. The highest BCUT2D eigenvalue weighted by atomic mass is 32.2. The fraction of sp³-hybridized carbons (Fsp3) is 0.667. The Kier molecular flexibility index (Phi) is 5.03. The average Bonchev–Trinajstić information content (AvgIpc) is 2.46. The van der Waals surface area contributed by atoms with E-state index in [1.54, 1.807) is 16.4 Å². The minimum Gasteiger partial charge on any atom is -0.207 e. The summed E-state index contributed by atoms with van der Waals surface area (Å²) in [4.78, 5) is 0.417. The molecule has 0 N–H and O–H groups in total. The van der Waals surface area contributed by atoms with Crippen molar-refractivity contribution in [2.75, 3.05) is 13.1 Å². The van der Waals surface area contributed by atoms with Gasteiger partial charge >= 0.3 is 0 Å². The number of aryl methyl sites for hydroxylation is 1. The highest BCUT2D eigenvalue weighted by molar-refractivity contribution is 7.89. The van der Waals surface area contributed by atoms with Crippen molar-refractivity contribution in [1.82, 2.24) is 4.31 Å². The predicted octanol–water partition coefficient (Wildman–Crippen LogP) is 4.08. The topological polar surface area (TPSA) is 37.4 Å². The maximum absolute atomic E-state index is 12.7. The van der Waals surface area contributed by atoms with Crippen LogP contribution in [0.25, 0.3) is 0 Å². The number of hydrogen-bond acceptors (Lipinski definition) is 2. The summed E-state index contributed by atoms with van der Waals surface area (Å²) in [5.74, 6) is 1.22. The van der Waals surface area contributed by atoms with Gasteiger partial charge in [0.15, 0.2) is 0 Å². The standard InChI is InChI=1S/C18H29NO2S/c1-14-6-8-17(9-7-14)22(20,21)19-12-10-16(11-13-19)15(2)18(3,4)5/h6-9,15-16H,10-13H2,1-5H3. The third-order valence-corrected chi connectivity index (χ3v) is 7.14. The fourth-order valence-corrected chi connectivity index (χ4v) is 4.65. The first-order valence-corrected chi connectivity index (χ1v) is 9.63. The van der Waals surface area contributed by atoms with Gasteiger partial charge in [0.05, 0.1) is 4.90 Å². The Balaban J connectivity index is 2.06. The molecular formula is C18H29NO2S. The molecule has 1 aromatic carbocycles. The molecule has 1 atom stereocenters. The van der Waals surface area contributed by atoms with E-state index < -0.39 is 10.0 Å². The van der Waals surface area contributed by atoms with E-state index in [1.165, 1.54) is 0 Å². The summed E-state index contributed by atoms with van der Waals surface area (Å²) >= 11 is 0. The third-order valence-electron chi connectivity index (χ3n) is 5.23. The Morgan fingerprint density at radius 1 is 1.09 bits per heavy atom. The van der Waals surface area contributed by atoms with Crippen LogP contribution in [0.4, 0.5) is 0 Å². The van der Waals surface area contributed by atoms with E-state index in [9.17, 15) is 8.42 Å². The molecule has 1 aliphatic heterocycles. The van der Waals surface area contributed by atoms with Crippen LogP contribution in [0.5, 0.6) is 0 Å². The second-order valence-electron chi connectivity index (χ2n) is 7.71. The van der Waals surface area contributed by atoms with Gasteiger partial charge in [0.1, 0.15) is 0 Å². The van der Waals surface area contributed by atoms with E-state index >= 15 is 0 Å². The molecule has 0 spiro atoms. The fourth-order valence-electron chi connectivity index (χ4n) is 3.18. The van der Waals surface area contributed by atoms with Gasteiger partial charge in [0.25, 0.3) is 0 Å². The Labute approximate surface area is 135 Å². The monoisotopic (exact) mass is 323 g/mol. The number of sulfonamides is 1.